The molecule has 4 atom stereocenters. The molecular formula is C26H38N8O7. The number of rotatable bonds is 9. The molecule has 1 fully saturated rings. The second-order valence-electron chi connectivity index (χ2n) is 9.93. The number of nitrogens with zero attached hydrogens (tertiary/aromatic N) is 1. The van der Waals surface area contributed by atoms with Crippen molar-refractivity contribution in [3.63, 3.8) is 0 Å². The minimum atomic E-state index is -1.54. The highest BCUT2D eigenvalue weighted by atomic mass is 16.4. The van der Waals surface area contributed by atoms with E-state index in [1.807, 2.05) is 0 Å². The van der Waals surface area contributed by atoms with Gasteiger partial charge in [0, 0.05) is 13.0 Å². The number of benzene rings is 1. The molecule has 1 saturated heterocycles. The van der Waals surface area contributed by atoms with Crippen molar-refractivity contribution in [2.24, 2.45) is 22.4 Å². The number of amides is 5. The van der Waals surface area contributed by atoms with E-state index in [1.165, 1.54) is 0 Å². The van der Waals surface area contributed by atoms with Crippen molar-refractivity contribution in [3.05, 3.63) is 35.9 Å². The van der Waals surface area contributed by atoms with Crippen LogP contribution in [0.5, 0.6) is 0 Å². The van der Waals surface area contributed by atoms with Crippen LogP contribution in [0, 0.1) is 5.92 Å². The van der Waals surface area contributed by atoms with Gasteiger partial charge >= 0.3 is 5.97 Å². The van der Waals surface area contributed by atoms with E-state index in [0.29, 0.717) is 12.0 Å². The van der Waals surface area contributed by atoms with E-state index in [4.69, 9.17) is 11.5 Å². The van der Waals surface area contributed by atoms with E-state index in [-0.39, 0.29) is 25.3 Å². The first kappa shape index (κ1) is 32.5. The van der Waals surface area contributed by atoms with Gasteiger partial charge in [0.1, 0.15) is 24.2 Å². The number of hydrogen-bond donors (Lipinski definition) is 8. The Morgan fingerprint density at radius 2 is 1.54 bits per heavy atom. The summed E-state index contributed by atoms with van der Waals surface area (Å²) in [7, 11) is 0. The van der Waals surface area contributed by atoms with E-state index in [0.717, 1.165) is 0 Å². The monoisotopic (exact) mass is 574 g/mol. The number of carbonyl (C=O) groups excluding carboxylic acids is 5. The van der Waals surface area contributed by atoms with Crippen molar-refractivity contribution in [1.82, 2.24) is 26.6 Å². The average Bonchev–Trinajstić information content (AvgIpc) is 2.90. The van der Waals surface area contributed by atoms with Gasteiger partial charge in [0.15, 0.2) is 5.96 Å². The highest BCUT2D eigenvalue weighted by Crippen LogP contribution is 2.09. The Morgan fingerprint density at radius 3 is 2.15 bits per heavy atom. The number of aliphatic imine (C=N–C) groups is 1. The van der Waals surface area contributed by atoms with Gasteiger partial charge < -0.3 is 43.2 Å². The van der Waals surface area contributed by atoms with Crippen LogP contribution in [0.3, 0.4) is 0 Å². The van der Waals surface area contributed by atoms with E-state index in [9.17, 15) is 33.9 Å². The second kappa shape index (κ2) is 15.8. The van der Waals surface area contributed by atoms with Gasteiger partial charge in [-0.1, -0.05) is 44.2 Å². The largest absolute Gasteiger partial charge is 0.481 e. The molecule has 41 heavy (non-hydrogen) atoms. The summed E-state index contributed by atoms with van der Waals surface area (Å²) in [4.78, 5) is 80.7. The molecule has 1 aliphatic rings. The summed E-state index contributed by atoms with van der Waals surface area (Å²) in [6.45, 7) is 2.98. The number of carboxylic acids is 1. The zero-order valence-electron chi connectivity index (χ0n) is 23.0. The molecule has 0 unspecified atom stereocenters. The summed E-state index contributed by atoms with van der Waals surface area (Å²) in [5, 5.41) is 21.8. The van der Waals surface area contributed by atoms with Gasteiger partial charge in [-0.05, 0) is 24.3 Å². The fraction of sp³-hybridized carbons (Fsp3) is 0.500. The third-order valence-corrected chi connectivity index (χ3v) is 6.19. The molecule has 15 heteroatoms. The maximum atomic E-state index is 13.4. The summed E-state index contributed by atoms with van der Waals surface area (Å²) < 4.78 is 0. The van der Waals surface area contributed by atoms with E-state index in [1.54, 1.807) is 44.2 Å². The predicted molar refractivity (Wildman–Crippen MR) is 148 cm³/mol. The van der Waals surface area contributed by atoms with E-state index >= 15 is 0 Å². The SMILES string of the molecule is CC(C)[C@@H]1NC(=O)[C@H](CCCN=C(N)N)NC(=O)CNC(=O)[C@H](CC(=O)O)NC(=O)[C@H](Cc2ccccc2)NC1=O. The Balaban J connectivity index is 2.43. The lowest BCUT2D eigenvalue weighted by molar-refractivity contribution is -0.141. The summed E-state index contributed by atoms with van der Waals surface area (Å²) in [5.74, 6) is -5.75. The molecule has 1 heterocycles. The number of nitrogens with one attached hydrogen (secondary N) is 5. The molecule has 15 nitrogen and oxygen atoms in total. The number of hydrogen-bond acceptors (Lipinski definition) is 7. The number of carboxylic acid groups (broad SMARTS) is 1. The first-order valence-electron chi connectivity index (χ1n) is 13.2. The van der Waals surface area contributed by atoms with Gasteiger partial charge in [-0.3, -0.25) is 33.8 Å². The topological polar surface area (TPSA) is 247 Å². The zero-order valence-corrected chi connectivity index (χ0v) is 23.0. The van der Waals surface area contributed by atoms with Crippen LogP contribution in [0.1, 0.15) is 38.7 Å². The Hall–Kier alpha value is -4.69. The van der Waals surface area contributed by atoms with Crippen LogP contribution in [0.25, 0.3) is 0 Å². The second-order valence-corrected chi connectivity index (χ2v) is 9.93. The Labute approximate surface area is 237 Å². The van der Waals surface area contributed by atoms with Crippen molar-refractivity contribution in [1.29, 1.82) is 0 Å². The van der Waals surface area contributed by atoms with Gasteiger partial charge in [0.05, 0.1) is 13.0 Å². The van der Waals surface area contributed by atoms with Crippen LogP contribution in [-0.2, 0) is 35.2 Å². The highest BCUT2D eigenvalue weighted by Gasteiger charge is 2.34. The number of aliphatic carboxylic acids is 1. The van der Waals surface area contributed by atoms with Gasteiger partial charge in [0.2, 0.25) is 29.5 Å². The minimum absolute atomic E-state index is 0.0199. The molecule has 1 aromatic carbocycles. The summed E-state index contributed by atoms with van der Waals surface area (Å²) >= 11 is 0. The number of guanidine groups is 1. The molecule has 0 saturated carbocycles. The van der Waals surface area contributed by atoms with Crippen LogP contribution in [0.2, 0.25) is 0 Å². The van der Waals surface area contributed by atoms with E-state index < -0.39 is 78.6 Å². The van der Waals surface area contributed by atoms with Crippen LogP contribution in [-0.4, -0.2) is 83.8 Å². The molecule has 0 bridgehead atoms. The lowest BCUT2D eigenvalue weighted by Crippen LogP contribution is -2.59. The summed E-state index contributed by atoms with van der Waals surface area (Å²) in [5.41, 5.74) is 11.4. The van der Waals surface area contributed by atoms with Crippen molar-refractivity contribution >= 4 is 41.5 Å². The maximum absolute atomic E-state index is 13.4. The molecule has 2 rings (SSSR count). The first-order valence-corrected chi connectivity index (χ1v) is 13.2. The summed E-state index contributed by atoms with van der Waals surface area (Å²) in [6, 6.07) is 3.79. The lowest BCUT2D eigenvalue weighted by Gasteiger charge is -2.27. The van der Waals surface area contributed by atoms with Crippen LogP contribution < -0.4 is 38.1 Å². The van der Waals surface area contributed by atoms with Crippen molar-refractivity contribution in [2.45, 2.75) is 63.7 Å². The molecule has 0 aliphatic carbocycles. The van der Waals surface area contributed by atoms with Crippen molar-refractivity contribution in [3.8, 4) is 0 Å². The highest BCUT2D eigenvalue weighted by molar-refractivity contribution is 5.98. The molecule has 10 N–H and O–H groups in total. The maximum Gasteiger partial charge on any atom is 0.305 e. The molecule has 0 spiro atoms. The molecule has 5 amide bonds. The van der Waals surface area contributed by atoms with Gasteiger partial charge in [-0.25, -0.2) is 0 Å². The van der Waals surface area contributed by atoms with Crippen molar-refractivity contribution < 1.29 is 33.9 Å². The minimum Gasteiger partial charge on any atom is -0.481 e. The molecule has 0 aromatic heterocycles. The average molecular weight is 575 g/mol. The normalized spacial score (nSPS) is 22.7. The third kappa shape index (κ3) is 11.1. The Morgan fingerprint density at radius 1 is 0.902 bits per heavy atom. The first-order chi connectivity index (χ1) is 19.4. The fourth-order valence-electron chi connectivity index (χ4n) is 4.07. The standard InChI is InChI=1S/C26H38N8O7/c1-14(2)21-25(41)33-17(11-15-7-4-3-5-8-15)24(40)32-18(12-20(36)37)22(38)30-13-19(35)31-16(23(39)34-21)9-6-10-29-26(27)28/h3-5,7-8,14,16-18,21H,6,9-13H2,1-2H3,(H,30,38)(H,31,35)(H,32,40)(H,33,41)(H,34,39)(H,36,37)(H4,27,28,29)/t16-,17-,18-,21-/m0/s1. The Bertz CT molecular complexity index is 1140. The van der Waals surface area contributed by atoms with E-state index in [2.05, 4.69) is 31.6 Å². The molecule has 224 valence electrons. The quantitative estimate of drug-likeness (QED) is 0.0879. The van der Waals surface area contributed by atoms with Crippen molar-refractivity contribution in [2.75, 3.05) is 13.1 Å². The smallest absolute Gasteiger partial charge is 0.305 e. The van der Waals surface area contributed by atoms with Crippen LogP contribution in [0.4, 0.5) is 0 Å². The fourth-order valence-corrected chi connectivity index (χ4v) is 4.07. The third-order valence-electron chi connectivity index (χ3n) is 6.19. The van der Waals surface area contributed by atoms with Crippen LogP contribution >= 0.6 is 0 Å². The predicted octanol–water partition coefficient (Wildman–Crippen LogP) is -2.52. The molecule has 0 radical (unpaired) electrons. The lowest BCUT2D eigenvalue weighted by atomic mass is 10.00. The number of nitrogens with two attached hydrogens (primary N) is 2. The Kier molecular flexibility index (Phi) is 12.5. The molecule has 1 aliphatic heterocycles. The van der Waals surface area contributed by atoms with Gasteiger partial charge in [-0.15, -0.1) is 0 Å². The summed E-state index contributed by atoms with van der Waals surface area (Å²) in [6.07, 6.45) is -0.341. The van der Waals surface area contributed by atoms with Gasteiger partial charge in [-0.2, -0.15) is 0 Å². The zero-order chi connectivity index (χ0) is 30.5. The van der Waals surface area contributed by atoms with Gasteiger partial charge in [0.25, 0.3) is 0 Å². The number of carbonyl (C=O) groups is 6. The molecule has 1 aromatic rings. The van der Waals surface area contributed by atoms with Crippen LogP contribution in [0.15, 0.2) is 35.3 Å². The molecular weight excluding hydrogens is 536 g/mol.